The standard InChI is InChI=1S/C14H16N2OS/c1-9-6-12(18-14(9)17)7-11-4-5-16-13(8-11)10(2)15-3/h4-6,8,15,17H,2,7H2,1,3H3. The molecule has 2 heterocycles. The second kappa shape index (κ2) is 5.23. The largest absolute Gasteiger partial charge is 0.499 e. The van der Waals surface area contributed by atoms with E-state index in [-0.39, 0.29) is 0 Å². The number of pyridine rings is 1. The van der Waals surface area contributed by atoms with Gasteiger partial charge >= 0.3 is 0 Å². The molecule has 4 heteroatoms. The summed E-state index contributed by atoms with van der Waals surface area (Å²) in [6.45, 7) is 5.81. The molecule has 0 fully saturated rings. The van der Waals surface area contributed by atoms with E-state index in [1.54, 1.807) is 6.20 Å². The summed E-state index contributed by atoms with van der Waals surface area (Å²) in [5.74, 6) is 0. The van der Waals surface area contributed by atoms with Crippen molar-refractivity contribution in [3.63, 3.8) is 0 Å². The molecule has 18 heavy (non-hydrogen) atoms. The van der Waals surface area contributed by atoms with Crippen molar-refractivity contribution in [1.82, 2.24) is 10.3 Å². The van der Waals surface area contributed by atoms with Gasteiger partial charge in [0.05, 0.1) is 11.4 Å². The van der Waals surface area contributed by atoms with Crippen LogP contribution < -0.4 is 5.32 Å². The monoisotopic (exact) mass is 260 g/mol. The molecule has 2 N–H and O–H groups in total. The number of thiophene rings is 1. The van der Waals surface area contributed by atoms with Crippen molar-refractivity contribution in [3.8, 4) is 5.06 Å². The van der Waals surface area contributed by atoms with E-state index in [0.717, 1.165) is 33.8 Å². The fourth-order valence-corrected chi connectivity index (χ4v) is 2.65. The van der Waals surface area contributed by atoms with E-state index in [4.69, 9.17) is 0 Å². The maximum absolute atomic E-state index is 9.58. The van der Waals surface area contributed by atoms with Gasteiger partial charge in [-0.1, -0.05) is 6.58 Å². The molecule has 0 unspecified atom stereocenters. The predicted molar refractivity (Wildman–Crippen MR) is 75.9 cm³/mol. The summed E-state index contributed by atoms with van der Waals surface area (Å²) in [5, 5.41) is 13.0. The predicted octanol–water partition coefficient (Wildman–Crippen LogP) is 2.94. The van der Waals surface area contributed by atoms with Gasteiger partial charge in [-0.25, -0.2) is 0 Å². The van der Waals surface area contributed by atoms with Crippen molar-refractivity contribution in [2.24, 2.45) is 0 Å². The molecule has 2 aromatic rings. The molecule has 0 bridgehead atoms. The van der Waals surface area contributed by atoms with Gasteiger partial charge in [0.15, 0.2) is 5.06 Å². The SMILES string of the molecule is C=C(NC)c1cc(Cc2cc(C)c(O)s2)ccn1. The van der Waals surface area contributed by atoms with E-state index in [9.17, 15) is 5.11 Å². The second-order valence-corrected chi connectivity index (χ2v) is 5.27. The van der Waals surface area contributed by atoms with Crippen LogP contribution >= 0.6 is 11.3 Å². The molecule has 2 aromatic heterocycles. The van der Waals surface area contributed by atoms with E-state index in [0.29, 0.717) is 5.06 Å². The van der Waals surface area contributed by atoms with Gasteiger partial charge < -0.3 is 10.4 Å². The van der Waals surface area contributed by atoms with Crippen LogP contribution in [0.15, 0.2) is 31.0 Å². The van der Waals surface area contributed by atoms with Crippen LogP contribution in [-0.2, 0) is 6.42 Å². The van der Waals surface area contributed by atoms with Gasteiger partial charge in [-0.15, -0.1) is 11.3 Å². The topological polar surface area (TPSA) is 45.1 Å². The van der Waals surface area contributed by atoms with Crippen LogP contribution in [0.1, 0.15) is 21.7 Å². The molecule has 0 saturated carbocycles. The zero-order valence-electron chi connectivity index (χ0n) is 10.5. The summed E-state index contributed by atoms with van der Waals surface area (Å²) in [6, 6.07) is 6.02. The van der Waals surface area contributed by atoms with Gasteiger partial charge in [0, 0.05) is 30.1 Å². The average molecular weight is 260 g/mol. The number of aromatic hydroxyl groups is 1. The van der Waals surface area contributed by atoms with Gasteiger partial charge in [0.1, 0.15) is 0 Å². The molecule has 0 amide bonds. The van der Waals surface area contributed by atoms with Crippen LogP contribution in [0, 0.1) is 6.92 Å². The Bertz CT molecular complexity index is 555. The highest BCUT2D eigenvalue weighted by Crippen LogP contribution is 2.29. The number of hydrogen-bond acceptors (Lipinski definition) is 4. The Morgan fingerprint density at radius 3 is 2.89 bits per heavy atom. The smallest absolute Gasteiger partial charge is 0.174 e. The first kappa shape index (κ1) is 12.6. The molecule has 0 aliphatic heterocycles. The van der Waals surface area contributed by atoms with E-state index in [1.807, 2.05) is 32.2 Å². The molecule has 2 rings (SSSR count). The van der Waals surface area contributed by atoms with Crippen LogP contribution in [0.3, 0.4) is 0 Å². The Morgan fingerprint density at radius 1 is 1.50 bits per heavy atom. The summed E-state index contributed by atoms with van der Waals surface area (Å²) >= 11 is 1.43. The van der Waals surface area contributed by atoms with Gasteiger partial charge in [-0.05, 0) is 30.7 Å². The molecular weight excluding hydrogens is 244 g/mol. The minimum atomic E-state index is 0.402. The quantitative estimate of drug-likeness (QED) is 0.888. The van der Waals surface area contributed by atoms with Gasteiger partial charge in [0.2, 0.25) is 0 Å². The molecular formula is C14H16N2OS. The number of aryl methyl sites for hydroxylation is 1. The van der Waals surface area contributed by atoms with Crippen molar-refractivity contribution in [3.05, 3.63) is 52.7 Å². The highest BCUT2D eigenvalue weighted by molar-refractivity contribution is 7.13. The maximum Gasteiger partial charge on any atom is 0.174 e. The molecule has 0 saturated heterocycles. The third kappa shape index (κ3) is 2.71. The lowest BCUT2D eigenvalue weighted by Gasteiger charge is -2.05. The number of nitrogens with one attached hydrogen (secondary N) is 1. The van der Waals surface area contributed by atoms with Gasteiger partial charge in [-0.3, -0.25) is 4.98 Å². The van der Waals surface area contributed by atoms with Crippen molar-refractivity contribution in [2.45, 2.75) is 13.3 Å². The Balaban J connectivity index is 2.21. The van der Waals surface area contributed by atoms with Crippen LogP contribution in [0.2, 0.25) is 0 Å². The van der Waals surface area contributed by atoms with Crippen LogP contribution in [0.5, 0.6) is 5.06 Å². The Kier molecular flexibility index (Phi) is 3.67. The van der Waals surface area contributed by atoms with Crippen LogP contribution in [0.25, 0.3) is 5.70 Å². The molecule has 0 aliphatic carbocycles. The summed E-state index contributed by atoms with van der Waals surface area (Å²) in [7, 11) is 1.83. The number of rotatable bonds is 4. The molecule has 3 nitrogen and oxygen atoms in total. The van der Waals surface area contributed by atoms with Crippen molar-refractivity contribution < 1.29 is 5.11 Å². The zero-order valence-corrected chi connectivity index (χ0v) is 11.3. The molecule has 0 aliphatic rings. The Morgan fingerprint density at radius 2 is 2.28 bits per heavy atom. The first-order valence-corrected chi connectivity index (χ1v) is 6.52. The summed E-state index contributed by atoms with van der Waals surface area (Å²) < 4.78 is 0. The average Bonchev–Trinajstić information content (AvgIpc) is 2.67. The molecule has 0 spiro atoms. The van der Waals surface area contributed by atoms with Gasteiger partial charge in [-0.2, -0.15) is 0 Å². The fourth-order valence-electron chi connectivity index (χ4n) is 1.70. The van der Waals surface area contributed by atoms with Crippen LogP contribution in [0.4, 0.5) is 0 Å². The summed E-state index contributed by atoms with van der Waals surface area (Å²) in [4.78, 5) is 5.42. The third-order valence-corrected chi connectivity index (χ3v) is 3.80. The first-order valence-electron chi connectivity index (χ1n) is 5.70. The van der Waals surface area contributed by atoms with Crippen LogP contribution in [-0.4, -0.2) is 17.1 Å². The number of hydrogen-bond donors (Lipinski definition) is 2. The van der Waals surface area contributed by atoms with E-state index < -0.39 is 0 Å². The van der Waals surface area contributed by atoms with Crippen molar-refractivity contribution >= 4 is 17.0 Å². The minimum Gasteiger partial charge on any atom is -0.499 e. The minimum absolute atomic E-state index is 0.402. The normalized spacial score (nSPS) is 10.3. The molecule has 94 valence electrons. The summed E-state index contributed by atoms with van der Waals surface area (Å²) in [6.07, 6.45) is 2.59. The molecule has 0 radical (unpaired) electrons. The Labute approximate surface area is 111 Å². The lowest BCUT2D eigenvalue weighted by molar-refractivity contribution is 0.487. The van der Waals surface area contributed by atoms with Gasteiger partial charge in [0.25, 0.3) is 0 Å². The fraction of sp³-hybridized carbons (Fsp3) is 0.214. The Hall–Kier alpha value is -1.81. The van der Waals surface area contributed by atoms with E-state index in [1.165, 1.54) is 11.3 Å². The second-order valence-electron chi connectivity index (χ2n) is 4.16. The number of aromatic nitrogens is 1. The van der Waals surface area contributed by atoms with Crippen molar-refractivity contribution in [1.29, 1.82) is 0 Å². The molecule has 0 atom stereocenters. The molecule has 0 aromatic carbocycles. The maximum atomic E-state index is 9.58. The van der Waals surface area contributed by atoms with E-state index in [2.05, 4.69) is 16.9 Å². The van der Waals surface area contributed by atoms with Crippen molar-refractivity contribution in [2.75, 3.05) is 7.05 Å². The highest BCUT2D eigenvalue weighted by Gasteiger charge is 2.06. The third-order valence-electron chi connectivity index (χ3n) is 2.76. The number of nitrogens with zero attached hydrogens (tertiary/aromatic N) is 1. The zero-order chi connectivity index (χ0) is 13.1. The van der Waals surface area contributed by atoms with E-state index >= 15 is 0 Å². The highest BCUT2D eigenvalue weighted by atomic mass is 32.1. The lowest BCUT2D eigenvalue weighted by Crippen LogP contribution is -2.05. The first-order chi connectivity index (χ1) is 8.60. The lowest BCUT2D eigenvalue weighted by atomic mass is 10.1. The summed E-state index contributed by atoms with van der Waals surface area (Å²) in [5.41, 5.74) is 3.76.